The summed E-state index contributed by atoms with van der Waals surface area (Å²) in [4.78, 5) is 9.39. The van der Waals surface area contributed by atoms with Crippen LogP contribution in [0.25, 0.3) is 10.2 Å². The van der Waals surface area contributed by atoms with Gasteiger partial charge in [-0.15, -0.1) is 11.3 Å². The topological polar surface area (TPSA) is 61.0 Å². The fourth-order valence-electron chi connectivity index (χ4n) is 1.79. The zero-order valence-electron chi connectivity index (χ0n) is 10.4. The molecular weight excluding hydrogens is 353 g/mol. The summed E-state index contributed by atoms with van der Waals surface area (Å²) in [6, 6.07) is 5.00. The van der Waals surface area contributed by atoms with Gasteiger partial charge in [0, 0.05) is 5.02 Å². The number of nitrogens with zero attached hydrogens (tertiary/aromatic N) is 2. The number of nitrogen functional groups attached to an aromatic ring is 1. The van der Waals surface area contributed by atoms with Crippen molar-refractivity contribution in [3.05, 3.63) is 44.5 Å². The lowest BCUT2D eigenvalue weighted by atomic mass is 10.3. The number of nitrogens with two attached hydrogens (primary N) is 1. The summed E-state index contributed by atoms with van der Waals surface area (Å²) in [5.74, 6) is 1.23. The minimum absolute atomic E-state index is 0.110. The number of fused-ring (bicyclic) bond motifs is 1. The van der Waals surface area contributed by atoms with Gasteiger partial charge < -0.3 is 10.5 Å². The molecule has 21 heavy (non-hydrogen) atoms. The summed E-state index contributed by atoms with van der Waals surface area (Å²) in [5, 5.41) is 3.85. The standard InChI is InChI=1S/C13H8Cl3N3OS/c14-6-3-8(15)11(9(16)4-6)20-5-10-18-12(17)7-1-2-21-13(7)19-10/h1-4H,5H2,(H2,17,18,19). The SMILES string of the molecule is Nc1nc(COc2c(Cl)cc(Cl)cc2Cl)nc2sccc12. The molecule has 8 heteroatoms. The van der Waals surface area contributed by atoms with Crippen LogP contribution in [0.1, 0.15) is 5.82 Å². The van der Waals surface area contributed by atoms with E-state index in [2.05, 4.69) is 9.97 Å². The Morgan fingerprint density at radius 1 is 1.14 bits per heavy atom. The number of rotatable bonds is 3. The number of benzene rings is 1. The average Bonchev–Trinajstić information content (AvgIpc) is 2.86. The molecule has 0 aliphatic heterocycles. The lowest BCUT2D eigenvalue weighted by Crippen LogP contribution is -2.04. The van der Waals surface area contributed by atoms with Crippen LogP contribution >= 0.6 is 46.1 Å². The summed E-state index contributed by atoms with van der Waals surface area (Å²) in [7, 11) is 0. The van der Waals surface area contributed by atoms with Crippen LogP contribution in [0.3, 0.4) is 0 Å². The number of thiophene rings is 1. The first-order valence-corrected chi connectivity index (χ1v) is 7.83. The van der Waals surface area contributed by atoms with E-state index in [1.165, 1.54) is 11.3 Å². The molecule has 0 bridgehead atoms. The van der Waals surface area contributed by atoms with Crippen LogP contribution in [0.15, 0.2) is 23.6 Å². The second kappa shape index (κ2) is 5.85. The first kappa shape index (κ1) is 14.7. The van der Waals surface area contributed by atoms with Crippen LogP contribution in [0.5, 0.6) is 5.75 Å². The molecule has 3 rings (SSSR count). The molecule has 0 unspecified atom stereocenters. The van der Waals surface area contributed by atoms with Crippen LogP contribution < -0.4 is 10.5 Å². The van der Waals surface area contributed by atoms with Gasteiger partial charge in [0.15, 0.2) is 11.6 Å². The number of halogens is 3. The van der Waals surface area contributed by atoms with Crippen molar-refractivity contribution in [2.75, 3.05) is 5.73 Å². The fourth-order valence-corrected chi connectivity index (χ4v) is 3.51. The molecule has 0 atom stereocenters. The van der Waals surface area contributed by atoms with Gasteiger partial charge in [-0.2, -0.15) is 0 Å². The smallest absolute Gasteiger partial charge is 0.169 e. The molecule has 0 saturated heterocycles. The summed E-state index contributed by atoms with van der Waals surface area (Å²) in [6.45, 7) is 0.110. The predicted octanol–water partition coefficient (Wildman–Crippen LogP) is 4.81. The van der Waals surface area contributed by atoms with Crippen LogP contribution in [-0.4, -0.2) is 9.97 Å². The first-order valence-electron chi connectivity index (χ1n) is 5.81. The summed E-state index contributed by atoms with van der Waals surface area (Å²) in [6.07, 6.45) is 0. The highest BCUT2D eigenvalue weighted by Gasteiger charge is 2.12. The zero-order chi connectivity index (χ0) is 15.0. The number of hydrogen-bond donors (Lipinski definition) is 1. The lowest BCUT2D eigenvalue weighted by Gasteiger charge is -2.10. The zero-order valence-corrected chi connectivity index (χ0v) is 13.5. The van der Waals surface area contributed by atoms with Crippen molar-refractivity contribution in [3.8, 4) is 5.75 Å². The van der Waals surface area contributed by atoms with Gasteiger partial charge in [0.2, 0.25) is 0 Å². The highest BCUT2D eigenvalue weighted by atomic mass is 35.5. The lowest BCUT2D eigenvalue weighted by molar-refractivity contribution is 0.297. The monoisotopic (exact) mass is 359 g/mol. The van der Waals surface area contributed by atoms with E-state index < -0.39 is 0 Å². The van der Waals surface area contributed by atoms with Gasteiger partial charge in [0.05, 0.1) is 15.4 Å². The third-order valence-electron chi connectivity index (χ3n) is 2.71. The first-order chi connectivity index (χ1) is 10.0. The Balaban J connectivity index is 1.86. The van der Waals surface area contributed by atoms with E-state index in [9.17, 15) is 0 Å². The molecule has 3 aromatic rings. The maximum atomic E-state index is 6.05. The van der Waals surface area contributed by atoms with Gasteiger partial charge in [-0.1, -0.05) is 34.8 Å². The molecule has 2 heterocycles. The highest BCUT2D eigenvalue weighted by molar-refractivity contribution is 7.16. The van der Waals surface area contributed by atoms with E-state index in [0.717, 1.165) is 10.2 Å². The van der Waals surface area contributed by atoms with E-state index in [0.29, 0.717) is 32.5 Å². The quantitative estimate of drug-likeness (QED) is 0.728. The van der Waals surface area contributed by atoms with Crippen LogP contribution in [-0.2, 0) is 6.61 Å². The van der Waals surface area contributed by atoms with Crippen molar-refractivity contribution in [3.63, 3.8) is 0 Å². The van der Waals surface area contributed by atoms with E-state index >= 15 is 0 Å². The Morgan fingerprint density at radius 3 is 2.57 bits per heavy atom. The molecule has 0 radical (unpaired) electrons. The second-order valence-electron chi connectivity index (χ2n) is 4.15. The number of anilines is 1. The minimum atomic E-state index is 0.110. The summed E-state index contributed by atoms with van der Waals surface area (Å²) in [5.41, 5.74) is 5.88. The van der Waals surface area contributed by atoms with Gasteiger partial charge in [-0.25, -0.2) is 9.97 Å². The molecule has 0 spiro atoms. The van der Waals surface area contributed by atoms with Gasteiger partial charge in [0.25, 0.3) is 0 Å². The van der Waals surface area contributed by atoms with Crippen molar-refractivity contribution >= 4 is 62.2 Å². The van der Waals surface area contributed by atoms with Gasteiger partial charge in [-0.05, 0) is 23.6 Å². The molecule has 0 amide bonds. The number of aromatic nitrogens is 2. The van der Waals surface area contributed by atoms with Crippen molar-refractivity contribution in [1.29, 1.82) is 0 Å². The Bertz CT molecular complexity index is 799. The Labute approximate surface area is 139 Å². The van der Waals surface area contributed by atoms with Gasteiger partial charge in [-0.3, -0.25) is 0 Å². The summed E-state index contributed by atoms with van der Waals surface area (Å²) < 4.78 is 5.59. The second-order valence-corrected chi connectivity index (χ2v) is 6.30. The van der Waals surface area contributed by atoms with E-state index in [4.69, 9.17) is 45.3 Å². The van der Waals surface area contributed by atoms with Crippen molar-refractivity contribution < 1.29 is 4.74 Å². The van der Waals surface area contributed by atoms with Crippen LogP contribution in [0, 0.1) is 0 Å². The van der Waals surface area contributed by atoms with Crippen LogP contribution in [0.4, 0.5) is 5.82 Å². The molecule has 0 saturated carbocycles. The Kier molecular flexibility index (Phi) is 4.08. The molecular formula is C13H8Cl3N3OS. The molecule has 0 aliphatic carbocycles. The molecule has 0 fully saturated rings. The average molecular weight is 361 g/mol. The minimum Gasteiger partial charge on any atom is -0.482 e. The maximum Gasteiger partial charge on any atom is 0.169 e. The summed E-state index contributed by atoms with van der Waals surface area (Å²) >= 11 is 19.4. The van der Waals surface area contributed by atoms with E-state index in [1.807, 2.05) is 11.4 Å². The fraction of sp³-hybridized carbons (Fsp3) is 0.0769. The third-order valence-corrected chi connectivity index (χ3v) is 4.30. The van der Waals surface area contributed by atoms with Crippen LogP contribution in [0.2, 0.25) is 15.1 Å². The van der Waals surface area contributed by atoms with Gasteiger partial charge >= 0.3 is 0 Å². The number of ether oxygens (including phenoxy) is 1. The van der Waals surface area contributed by atoms with Gasteiger partial charge in [0.1, 0.15) is 17.3 Å². The van der Waals surface area contributed by atoms with Crippen molar-refractivity contribution in [2.24, 2.45) is 0 Å². The molecule has 0 aliphatic rings. The Hall–Kier alpha value is -1.27. The Morgan fingerprint density at radius 2 is 1.86 bits per heavy atom. The van der Waals surface area contributed by atoms with E-state index in [-0.39, 0.29) is 6.61 Å². The largest absolute Gasteiger partial charge is 0.482 e. The number of hydrogen-bond acceptors (Lipinski definition) is 5. The molecule has 4 nitrogen and oxygen atoms in total. The molecule has 2 aromatic heterocycles. The third kappa shape index (κ3) is 3.01. The van der Waals surface area contributed by atoms with E-state index in [1.54, 1.807) is 12.1 Å². The molecule has 1 aromatic carbocycles. The van der Waals surface area contributed by atoms with Crippen molar-refractivity contribution in [1.82, 2.24) is 9.97 Å². The molecule has 2 N–H and O–H groups in total. The predicted molar refractivity (Wildman–Crippen MR) is 87.6 cm³/mol. The highest BCUT2D eigenvalue weighted by Crippen LogP contribution is 2.36. The van der Waals surface area contributed by atoms with Crippen molar-refractivity contribution in [2.45, 2.75) is 6.61 Å². The normalized spacial score (nSPS) is 11.0. The molecule has 108 valence electrons. The maximum absolute atomic E-state index is 6.05.